The van der Waals surface area contributed by atoms with Gasteiger partial charge in [0.15, 0.2) is 5.84 Å². The number of nitrogens with zero attached hydrogens (tertiary/aromatic N) is 1. The number of ether oxygens (including phenoxy) is 1. The fourth-order valence-corrected chi connectivity index (χ4v) is 2.73. The number of thioether (sulfide) groups is 1. The van der Waals surface area contributed by atoms with Gasteiger partial charge < -0.3 is 20.1 Å². The third-order valence-electron chi connectivity index (χ3n) is 2.88. The molecule has 0 fully saturated rings. The average molecular weight is 292 g/mol. The van der Waals surface area contributed by atoms with Crippen LogP contribution < -0.4 is 10.5 Å². The molecular weight excluding hydrogens is 276 g/mol. The summed E-state index contributed by atoms with van der Waals surface area (Å²) in [6.07, 6.45) is 1.67. The fourth-order valence-electron chi connectivity index (χ4n) is 1.79. The van der Waals surface area contributed by atoms with E-state index < -0.39 is 0 Å². The molecule has 106 valence electrons. The van der Waals surface area contributed by atoms with Crippen molar-refractivity contribution in [3.8, 4) is 5.75 Å². The third-order valence-corrected chi connectivity index (χ3v) is 4.07. The van der Waals surface area contributed by atoms with Crippen LogP contribution in [-0.4, -0.2) is 18.2 Å². The SMILES string of the molecule is COc1ccc(/C(N)=N/O)cc1CSc1ccoc1C. The minimum absolute atomic E-state index is 0.0818. The van der Waals surface area contributed by atoms with Crippen LogP contribution in [-0.2, 0) is 5.75 Å². The molecular formula is C14H16N2O3S. The first kappa shape index (κ1) is 14.3. The zero-order valence-corrected chi connectivity index (χ0v) is 12.1. The summed E-state index contributed by atoms with van der Waals surface area (Å²) < 4.78 is 10.6. The van der Waals surface area contributed by atoms with Crippen molar-refractivity contribution in [2.45, 2.75) is 17.6 Å². The van der Waals surface area contributed by atoms with Crippen LogP contribution in [0, 0.1) is 6.92 Å². The minimum Gasteiger partial charge on any atom is -0.496 e. The first-order chi connectivity index (χ1) is 9.65. The number of furan rings is 1. The van der Waals surface area contributed by atoms with E-state index in [-0.39, 0.29) is 5.84 Å². The summed E-state index contributed by atoms with van der Waals surface area (Å²) in [6.45, 7) is 1.92. The molecule has 0 radical (unpaired) electrons. The smallest absolute Gasteiger partial charge is 0.170 e. The molecule has 0 saturated heterocycles. The summed E-state index contributed by atoms with van der Waals surface area (Å²) in [5.74, 6) is 2.45. The lowest BCUT2D eigenvalue weighted by molar-refractivity contribution is 0.318. The molecule has 5 nitrogen and oxygen atoms in total. The molecule has 0 aliphatic rings. The van der Waals surface area contributed by atoms with Crippen LogP contribution in [0.2, 0.25) is 0 Å². The Morgan fingerprint density at radius 1 is 1.45 bits per heavy atom. The first-order valence-corrected chi connectivity index (χ1v) is 6.96. The Balaban J connectivity index is 2.22. The Hall–Kier alpha value is -2.08. The highest BCUT2D eigenvalue weighted by Crippen LogP contribution is 2.30. The highest BCUT2D eigenvalue weighted by Gasteiger charge is 2.09. The van der Waals surface area contributed by atoms with Crippen LogP contribution in [0.5, 0.6) is 5.75 Å². The van der Waals surface area contributed by atoms with E-state index in [0.29, 0.717) is 11.3 Å². The van der Waals surface area contributed by atoms with Gasteiger partial charge in [0.1, 0.15) is 11.5 Å². The number of nitrogens with two attached hydrogens (primary N) is 1. The predicted molar refractivity (Wildman–Crippen MR) is 78.5 cm³/mol. The molecule has 1 heterocycles. The largest absolute Gasteiger partial charge is 0.496 e. The summed E-state index contributed by atoms with van der Waals surface area (Å²) in [7, 11) is 1.62. The minimum atomic E-state index is 0.0818. The Morgan fingerprint density at radius 2 is 2.25 bits per heavy atom. The van der Waals surface area contributed by atoms with E-state index in [4.69, 9.17) is 20.1 Å². The summed E-state index contributed by atoms with van der Waals surface area (Å²) in [6, 6.07) is 7.35. The molecule has 20 heavy (non-hydrogen) atoms. The van der Waals surface area contributed by atoms with Gasteiger partial charge in [-0.1, -0.05) is 5.16 Å². The molecule has 0 saturated carbocycles. The number of methoxy groups -OCH3 is 1. The van der Waals surface area contributed by atoms with Gasteiger partial charge in [-0.25, -0.2) is 0 Å². The maximum Gasteiger partial charge on any atom is 0.170 e. The lowest BCUT2D eigenvalue weighted by Crippen LogP contribution is -2.13. The third kappa shape index (κ3) is 3.08. The Kier molecular flexibility index (Phi) is 4.57. The summed E-state index contributed by atoms with van der Waals surface area (Å²) in [5.41, 5.74) is 7.24. The van der Waals surface area contributed by atoms with Gasteiger partial charge >= 0.3 is 0 Å². The second-order valence-electron chi connectivity index (χ2n) is 4.14. The molecule has 0 atom stereocenters. The van der Waals surface area contributed by atoms with Gasteiger partial charge in [0, 0.05) is 21.8 Å². The van der Waals surface area contributed by atoms with Gasteiger partial charge in [-0.2, -0.15) is 0 Å². The van der Waals surface area contributed by atoms with Crippen molar-refractivity contribution in [2.75, 3.05) is 7.11 Å². The summed E-state index contributed by atoms with van der Waals surface area (Å²) in [4.78, 5) is 1.08. The van der Waals surface area contributed by atoms with Gasteiger partial charge in [0.05, 0.1) is 13.4 Å². The maximum atomic E-state index is 8.74. The van der Waals surface area contributed by atoms with Gasteiger partial charge in [0.2, 0.25) is 0 Å². The summed E-state index contributed by atoms with van der Waals surface area (Å²) >= 11 is 1.65. The van der Waals surface area contributed by atoms with Gasteiger partial charge in [-0.05, 0) is 31.2 Å². The topological polar surface area (TPSA) is 81.0 Å². The number of hydrogen-bond acceptors (Lipinski definition) is 5. The van der Waals surface area contributed by atoms with Crippen molar-refractivity contribution < 1.29 is 14.4 Å². The monoisotopic (exact) mass is 292 g/mol. The average Bonchev–Trinajstić information content (AvgIpc) is 2.89. The van der Waals surface area contributed by atoms with Crippen molar-refractivity contribution in [3.63, 3.8) is 0 Å². The van der Waals surface area contributed by atoms with E-state index in [1.807, 2.05) is 25.1 Å². The van der Waals surface area contributed by atoms with Crippen LogP contribution >= 0.6 is 11.8 Å². The van der Waals surface area contributed by atoms with Gasteiger partial charge in [-0.15, -0.1) is 11.8 Å². The molecule has 0 aliphatic carbocycles. The van der Waals surface area contributed by atoms with Crippen LogP contribution in [0.25, 0.3) is 0 Å². The molecule has 2 aromatic rings. The Morgan fingerprint density at radius 3 is 2.85 bits per heavy atom. The van der Waals surface area contributed by atoms with E-state index in [9.17, 15) is 0 Å². The number of aryl methyl sites for hydroxylation is 1. The second-order valence-corrected chi connectivity index (χ2v) is 5.16. The van der Waals surface area contributed by atoms with Crippen LogP contribution in [0.15, 0.2) is 45.0 Å². The highest BCUT2D eigenvalue weighted by atomic mass is 32.2. The number of amidine groups is 1. The lowest BCUT2D eigenvalue weighted by Gasteiger charge is -2.10. The van der Waals surface area contributed by atoms with E-state index in [0.717, 1.165) is 22.0 Å². The molecule has 0 unspecified atom stereocenters. The summed E-state index contributed by atoms with van der Waals surface area (Å²) in [5, 5.41) is 11.7. The fraction of sp³-hybridized carbons (Fsp3) is 0.214. The molecule has 0 spiro atoms. The molecule has 1 aromatic heterocycles. The van der Waals surface area contributed by atoms with Crippen LogP contribution in [0.1, 0.15) is 16.9 Å². The number of rotatable bonds is 5. The quantitative estimate of drug-likeness (QED) is 0.291. The molecule has 3 N–H and O–H groups in total. The molecule has 0 bridgehead atoms. The highest BCUT2D eigenvalue weighted by molar-refractivity contribution is 7.98. The van der Waals surface area contributed by atoms with Gasteiger partial charge in [-0.3, -0.25) is 0 Å². The molecule has 6 heteroatoms. The van der Waals surface area contributed by atoms with Gasteiger partial charge in [0.25, 0.3) is 0 Å². The molecule has 0 amide bonds. The molecule has 1 aromatic carbocycles. The maximum absolute atomic E-state index is 8.74. The van der Waals surface area contributed by atoms with E-state index in [1.165, 1.54) is 0 Å². The number of oxime groups is 1. The van der Waals surface area contributed by atoms with Crippen LogP contribution in [0.3, 0.4) is 0 Å². The Labute approximate surface area is 121 Å². The predicted octanol–water partition coefficient (Wildman–Crippen LogP) is 2.98. The number of benzene rings is 1. The molecule has 2 rings (SSSR count). The zero-order valence-electron chi connectivity index (χ0n) is 11.3. The van der Waals surface area contributed by atoms with E-state index in [1.54, 1.807) is 31.2 Å². The van der Waals surface area contributed by atoms with Crippen molar-refractivity contribution in [3.05, 3.63) is 47.4 Å². The van der Waals surface area contributed by atoms with E-state index >= 15 is 0 Å². The van der Waals surface area contributed by atoms with Crippen LogP contribution in [0.4, 0.5) is 0 Å². The second kappa shape index (κ2) is 6.38. The zero-order chi connectivity index (χ0) is 14.5. The lowest BCUT2D eigenvalue weighted by atomic mass is 10.1. The van der Waals surface area contributed by atoms with Crippen molar-refractivity contribution in [1.82, 2.24) is 0 Å². The Bertz CT molecular complexity index is 623. The normalized spacial score (nSPS) is 11.6. The molecule has 0 aliphatic heterocycles. The number of hydrogen-bond donors (Lipinski definition) is 2. The first-order valence-electron chi connectivity index (χ1n) is 5.97. The van der Waals surface area contributed by atoms with Crippen molar-refractivity contribution >= 4 is 17.6 Å². The standard InChI is InChI=1S/C14H16N2O3S/c1-9-13(5-6-19-9)20-8-11-7-10(14(15)16-17)3-4-12(11)18-2/h3-7,17H,8H2,1-2H3,(H2,15,16). The van der Waals surface area contributed by atoms with E-state index in [2.05, 4.69) is 5.16 Å². The van der Waals surface area contributed by atoms with Crippen molar-refractivity contribution in [2.24, 2.45) is 10.9 Å². The van der Waals surface area contributed by atoms with Crippen molar-refractivity contribution in [1.29, 1.82) is 0 Å².